The molecule has 4 aliphatic rings. The minimum Gasteiger partial charge on any atom is -0.271 e. The van der Waals surface area contributed by atoms with Crippen LogP contribution in [0.15, 0.2) is 18.2 Å². The fourth-order valence-electron chi connectivity index (χ4n) is 6.01. The van der Waals surface area contributed by atoms with Crippen molar-refractivity contribution in [2.24, 2.45) is 29.0 Å². The van der Waals surface area contributed by atoms with Crippen molar-refractivity contribution in [3.8, 4) is 0 Å². The van der Waals surface area contributed by atoms with Crippen molar-refractivity contribution in [2.45, 2.75) is 51.5 Å². The molecule has 0 saturated heterocycles. The van der Waals surface area contributed by atoms with Crippen molar-refractivity contribution in [2.75, 3.05) is 0 Å². The number of hydrazine groups is 1. The van der Waals surface area contributed by atoms with Gasteiger partial charge in [-0.1, -0.05) is 17.7 Å². The smallest absolute Gasteiger partial charge is 0.128 e. The third kappa shape index (κ3) is 2.13. The Kier molecular flexibility index (Phi) is 3.13. The van der Waals surface area contributed by atoms with Gasteiger partial charge in [0.25, 0.3) is 0 Å². The molecule has 0 spiro atoms. The van der Waals surface area contributed by atoms with Gasteiger partial charge in [-0.3, -0.25) is 11.3 Å². The molecule has 4 saturated carbocycles. The van der Waals surface area contributed by atoms with Gasteiger partial charge in [-0.05, 0) is 74.7 Å². The van der Waals surface area contributed by atoms with Crippen LogP contribution in [0, 0.1) is 35.9 Å². The Morgan fingerprint density at radius 3 is 2.24 bits per heavy atom. The molecule has 4 aliphatic carbocycles. The first-order valence-electron chi connectivity index (χ1n) is 8.32. The lowest BCUT2D eigenvalue weighted by Gasteiger charge is -2.59. The van der Waals surface area contributed by atoms with Crippen molar-refractivity contribution >= 4 is 0 Å². The number of hydrogen-bond donors (Lipinski definition) is 2. The molecule has 3 heteroatoms. The lowest BCUT2D eigenvalue weighted by atomic mass is 9.47. The summed E-state index contributed by atoms with van der Waals surface area (Å²) in [7, 11) is 0. The van der Waals surface area contributed by atoms with E-state index in [2.05, 4.69) is 5.43 Å². The third-order valence-corrected chi connectivity index (χ3v) is 6.33. The first kappa shape index (κ1) is 13.7. The summed E-state index contributed by atoms with van der Waals surface area (Å²) < 4.78 is 14.4. The van der Waals surface area contributed by atoms with Crippen molar-refractivity contribution in [3.05, 3.63) is 35.1 Å². The molecule has 0 aliphatic heterocycles. The van der Waals surface area contributed by atoms with Gasteiger partial charge in [0.2, 0.25) is 0 Å². The molecule has 4 fully saturated rings. The minimum atomic E-state index is -0.112. The van der Waals surface area contributed by atoms with E-state index in [4.69, 9.17) is 5.84 Å². The van der Waals surface area contributed by atoms with Crippen LogP contribution in [0.5, 0.6) is 0 Å². The van der Waals surface area contributed by atoms with Crippen LogP contribution >= 0.6 is 0 Å². The van der Waals surface area contributed by atoms with Crippen molar-refractivity contribution in [3.63, 3.8) is 0 Å². The number of rotatable bonds is 3. The van der Waals surface area contributed by atoms with Gasteiger partial charge in [-0.2, -0.15) is 0 Å². The predicted octanol–water partition coefficient (Wildman–Crippen LogP) is 3.85. The summed E-state index contributed by atoms with van der Waals surface area (Å²) in [6.07, 6.45) is 7.86. The molecule has 1 atom stereocenters. The quantitative estimate of drug-likeness (QED) is 0.655. The van der Waals surface area contributed by atoms with Crippen molar-refractivity contribution in [1.29, 1.82) is 0 Å². The Bertz CT molecular complexity index is 519. The molecule has 0 aromatic heterocycles. The topological polar surface area (TPSA) is 38.0 Å². The minimum absolute atomic E-state index is 0.0363. The zero-order chi connectivity index (χ0) is 14.6. The van der Waals surface area contributed by atoms with E-state index in [0.29, 0.717) is 0 Å². The highest BCUT2D eigenvalue weighted by Crippen LogP contribution is 2.64. The Morgan fingerprint density at radius 2 is 1.71 bits per heavy atom. The first-order valence-corrected chi connectivity index (χ1v) is 8.32. The van der Waals surface area contributed by atoms with E-state index < -0.39 is 0 Å². The van der Waals surface area contributed by atoms with E-state index >= 15 is 0 Å². The van der Waals surface area contributed by atoms with E-state index in [1.807, 2.05) is 19.1 Å². The van der Waals surface area contributed by atoms with Gasteiger partial charge < -0.3 is 0 Å². The van der Waals surface area contributed by atoms with Crippen LogP contribution in [-0.2, 0) is 0 Å². The van der Waals surface area contributed by atoms with Crippen LogP contribution in [-0.4, -0.2) is 0 Å². The van der Waals surface area contributed by atoms with Crippen LogP contribution in [0.2, 0.25) is 0 Å². The highest BCUT2D eigenvalue weighted by molar-refractivity contribution is 5.29. The first-order chi connectivity index (χ1) is 10.1. The highest BCUT2D eigenvalue weighted by Gasteiger charge is 2.54. The van der Waals surface area contributed by atoms with E-state index in [1.54, 1.807) is 6.07 Å². The monoisotopic (exact) mass is 288 g/mol. The zero-order valence-electron chi connectivity index (χ0n) is 12.7. The van der Waals surface area contributed by atoms with Gasteiger partial charge in [0.05, 0.1) is 6.04 Å². The van der Waals surface area contributed by atoms with Gasteiger partial charge in [0.1, 0.15) is 5.82 Å². The van der Waals surface area contributed by atoms with Gasteiger partial charge in [0, 0.05) is 5.56 Å². The Morgan fingerprint density at radius 1 is 1.14 bits per heavy atom. The molecular weight excluding hydrogens is 263 g/mol. The normalized spacial score (nSPS) is 38.7. The average Bonchev–Trinajstić information content (AvgIpc) is 2.41. The molecule has 1 aromatic carbocycles. The molecule has 0 radical (unpaired) electrons. The van der Waals surface area contributed by atoms with Crippen LogP contribution in [0.1, 0.15) is 55.7 Å². The molecule has 3 N–H and O–H groups in total. The number of halogens is 1. The molecule has 114 valence electrons. The number of nitrogens with two attached hydrogens (primary N) is 1. The second kappa shape index (κ2) is 4.79. The molecule has 2 nitrogen and oxygen atoms in total. The van der Waals surface area contributed by atoms with Gasteiger partial charge in [0.15, 0.2) is 0 Å². The fraction of sp³-hybridized carbons (Fsp3) is 0.667. The zero-order valence-corrected chi connectivity index (χ0v) is 12.7. The molecule has 0 heterocycles. The van der Waals surface area contributed by atoms with Crippen LogP contribution < -0.4 is 11.3 Å². The number of hydrogen-bond acceptors (Lipinski definition) is 2. The summed E-state index contributed by atoms with van der Waals surface area (Å²) in [4.78, 5) is 0. The summed E-state index contributed by atoms with van der Waals surface area (Å²) in [5.41, 5.74) is 5.07. The van der Waals surface area contributed by atoms with E-state index in [0.717, 1.165) is 28.9 Å². The summed E-state index contributed by atoms with van der Waals surface area (Å²) in [6.45, 7) is 2.02. The van der Waals surface area contributed by atoms with E-state index in [-0.39, 0.29) is 17.3 Å². The lowest BCUT2D eigenvalue weighted by molar-refractivity contribution is -0.0755. The standard InChI is InChI=1S/C18H25FN2/c1-11-2-3-16(19)15(4-11)17(21-20)18-8-12-5-13(9-18)7-14(6-12)10-18/h2-4,12-14,17,21H,5-10,20H2,1H3. The molecule has 1 aromatic rings. The van der Waals surface area contributed by atoms with Crippen LogP contribution in [0.3, 0.4) is 0 Å². The van der Waals surface area contributed by atoms with E-state index in [1.165, 1.54) is 38.5 Å². The van der Waals surface area contributed by atoms with Crippen LogP contribution in [0.25, 0.3) is 0 Å². The summed E-state index contributed by atoms with van der Waals surface area (Å²) in [6, 6.07) is 5.38. The molecular formula is C18H25FN2. The third-order valence-electron chi connectivity index (χ3n) is 6.33. The maximum atomic E-state index is 14.4. The molecule has 1 unspecified atom stereocenters. The second-order valence-corrected chi connectivity index (χ2v) is 7.90. The fourth-order valence-corrected chi connectivity index (χ4v) is 6.01. The predicted molar refractivity (Wildman–Crippen MR) is 81.8 cm³/mol. The van der Waals surface area contributed by atoms with Gasteiger partial charge in [-0.15, -0.1) is 0 Å². The average molecular weight is 288 g/mol. The highest BCUT2D eigenvalue weighted by atomic mass is 19.1. The molecule has 5 rings (SSSR count). The number of benzene rings is 1. The van der Waals surface area contributed by atoms with Gasteiger partial charge >= 0.3 is 0 Å². The summed E-state index contributed by atoms with van der Waals surface area (Å²) in [5.74, 6) is 8.36. The Balaban J connectivity index is 1.74. The summed E-state index contributed by atoms with van der Waals surface area (Å²) in [5, 5.41) is 0. The lowest BCUT2D eigenvalue weighted by Crippen LogP contribution is -2.53. The number of nitrogens with one attached hydrogen (secondary N) is 1. The van der Waals surface area contributed by atoms with Gasteiger partial charge in [-0.25, -0.2) is 4.39 Å². The SMILES string of the molecule is Cc1ccc(F)c(C(NN)C23CC4CC(CC(C4)C2)C3)c1. The second-order valence-electron chi connectivity index (χ2n) is 7.90. The summed E-state index contributed by atoms with van der Waals surface area (Å²) >= 11 is 0. The number of aryl methyl sites for hydroxylation is 1. The maximum absolute atomic E-state index is 14.4. The molecule has 21 heavy (non-hydrogen) atoms. The van der Waals surface area contributed by atoms with Crippen molar-refractivity contribution < 1.29 is 4.39 Å². The van der Waals surface area contributed by atoms with Crippen molar-refractivity contribution in [1.82, 2.24) is 5.43 Å². The Labute approximate surface area is 126 Å². The Hall–Kier alpha value is -0.930. The largest absolute Gasteiger partial charge is 0.271 e. The molecule has 0 amide bonds. The molecule has 4 bridgehead atoms. The van der Waals surface area contributed by atoms with E-state index in [9.17, 15) is 4.39 Å². The maximum Gasteiger partial charge on any atom is 0.128 e. The van der Waals surface area contributed by atoms with Crippen LogP contribution in [0.4, 0.5) is 4.39 Å².